The second-order valence-corrected chi connectivity index (χ2v) is 9.33. The summed E-state index contributed by atoms with van der Waals surface area (Å²) in [6.45, 7) is 1.80. The van der Waals surface area contributed by atoms with E-state index in [2.05, 4.69) is 5.32 Å². The van der Waals surface area contributed by atoms with Crippen LogP contribution < -0.4 is 14.8 Å². The highest BCUT2D eigenvalue weighted by Crippen LogP contribution is 2.47. The first-order chi connectivity index (χ1) is 13.4. The highest BCUT2D eigenvalue weighted by Gasteiger charge is 2.44. The fraction of sp³-hybridized carbons (Fsp3) is 0.381. The molecule has 1 heterocycles. The van der Waals surface area contributed by atoms with Gasteiger partial charge in [0.05, 0.1) is 16.2 Å². The molecule has 1 amide bonds. The maximum absolute atomic E-state index is 12.8. The van der Waals surface area contributed by atoms with E-state index in [4.69, 9.17) is 9.47 Å². The second-order valence-electron chi connectivity index (χ2n) is 7.25. The van der Waals surface area contributed by atoms with Gasteiger partial charge in [0.15, 0.2) is 21.3 Å². The van der Waals surface area contributed by atoms with Crippen LogP contribution >= 0.6 is 0 Å². The Hall–Kier alpha value is -2.54. The van der Waals surface area contributed by atoms with Gasteiger partial charge in [-0.1, -0.05) is 19.1 Å². The number of sulfone groups is 1. The minimum Gasteiger partial charge on any atom is -0.448 e. The zero-order valence-electron chi connectivity index (χ0n) is 15.7. The minimum absolute atomic E-state index is 0.00337. The molecule has 1 spiro atoms. The summed E-state index contributed by atoms with van der Waals surface area (Å²) in [5, 5.41) is 2.78. The Labute approximate surface area is 164 Å². The van der Waals surface area contributed by atoms with E-state index in [1.54, 1.807) is 37.3 Å². The predicted molar refractivity (Wildman–Crippen MR) is 106 cm³/mol. The summed E-state index contributed by atoms with van der Waals surface area (Å²) in [6.07, 6.45) is 4.33. The van der Waals surface area contributed by atoms with Crippen molar-refractivity contribution in [1.29, 1.82) is 0 Å². The average Bonchev–Trinajstić information content (AvgIpc) is 3.27. The molecule has 0 radical (unpaired) electrons. The van der Waals surface area contributed by atoms with Crippen LogP contribution in [-0.4, -0.2) is 25.9 Å². The normalized spacial score (nSPS) is 17.0. The van der Waals surface area contributed by atoms with E-state index in [-0.39, 0.29) is 16.2 Å². The Bertz CT molecular complexity index is 1010. The van der Waals surface area contributed by atoms with Crippen molar-refractivity contribution >= 4 is 21.4 Å². The first-order valence-electron chi connectivity index (χ1n) is 9.58. The molecule has 2 aliphatic rings. The van der Waals surface area contributed by atoms with Crippen molar-refractivity contribution in [2.45, 2.75) is 49.7 Å². The summed E-state index contributed by atoms with van der Waals surface area (Å²) in [5.74, 6) is 0.247. The molecule has 0 bridgehead atoms. The van der Waals surface area contributed by atoms with Crippen LogP contribution in [0, 0.1) is 0 Å². The minimum atomic E-state index is -3.51. The van der Waals surface area contributed by atoms with Gasteiger partial charge in [-0.05, 0) is 43.5 Å². The maximum atomic E-state index is 12.8. The van der Waals surface area contributed by atoms with Gasteiger partial charge in [-0.3, -0.25) is 4.79 Å². The van der Waals surface area contributed by atoms with Crippen molar-refractivity contribution in [3.63, 3.8) is 0 Å². The molecule has 1 fully saturated rings. The van der Waals surface area contributed by atoms with Crippen molar-refractivity contribution in [1.82, 2.24) is 0 Å². The molecule has 28 heavy (non-hydrogen) atoms. The van der Waals surface area contributed by atoms with Crippen molar-refractivity contribution in [2.24, 2.45) is 0 Å². The number of benzene rings is 2. The predicted octanol–water partition coefficient (Wildman–Crippen LogP) is 4.16. The van der Waals surface area contributed by atoms with E-state index in [1.165, 1.54) is 12.1 Å². The molecular formula is C21H23NO5S. The van der Waals surface area contributed by atoms with Crippen molar-refractivity contribution in [2.75, 3.05) is 11.1 Å². The first kappa shape index (κ1) is 18.8. The SMILES string of the molecule is CCCS(=O)(=O)c1ccccc1C(=O)Nc1ccc2c(c1)OC1(CCCC1)O2. The number of anilines is 1. The van der Waals surface area contributed by atoms with Crippen molar-refractivity contribution in [3.05, 3.63) is 48.0 Å². The first-order valence-corrected chi connectivity index (χ1v) is 11.2. The molecule has 1 aliphatic carbocycles. The molecule has 1 aliphatic heterocycles. The zero-order valence-corrected chi connectivity index (χ0v) is 16.6. The molecule has 0 saturated heterocycles. The Morgan fingerprint density at radius 1 is 1.07 bits per heavy atom. The highest BCUT2D eigenvalue weighted by atomic mass is 32.2. The number of amides is 1. The molecule has 2 aromatic rings. The number of carbonyl (C=O) groups excluding carboxylic acids is 1. The molecule has 7 heteroatoms. The number of ether oxygens (including phenoxy) is 2. The second kappa shape index (κ2) is 7.13. The fourth-order valence-electron chi connectivity index (χ4n) is 3.79. The molecule has 2 aromatic carbocycles. The van der Waals surface area contributed by atoms with Gasteiger partial charge in [-0.15, -0.1) is 0 Å². The topological polar surface area (TPSA) is 81.7 Å². The van der Waals surface area contributed by atoms with Crippen LogP contribution in [0.2, 0.25) is 0 Å². The number of fused-ring (bicyclic) bond motifs is 1. The van der Waals surface area contributed by atoms with E-state index >= 15 is 0 Å². The van der Waals surface area contributed by atoms with Crippen LogP contribution in [0.3, 0.4) is 0 Å². The van der Waals surface area contributed by atoms with E-state index in [0.29, 0.717) is 23.6 Å². The Morgan fingerprint density at radius 2 is 1.79 bits per heavy atom. The standard InChI is InChI=1S/C21H23NO5S/c1-2-13-28(24,25)19-8-4-3-7-16(19)20(23)22-15-9-10-17-18(14-15)27-21(26-17)11-5-6-12-21/h3-4,7-10,14H,2,5-6,11-13H2,1H3,(H,22,23). The average molecular weight is 401 g/mol. The van der Waals surface area contributed by atoms with Crippen LogP contribution in [0.1, 0.15) is 49.4 Å². The van der Waals surface area contributed by atoms with Gasteiger partial charge in [-0.2, -0.15) is 0 Å². The number of carbonyl (C=O) groups is 1. The summed E-state index contributed by atoms with van der Waals surface area (Å²) < 4.78 is 37.0. The molecular weight excluding hydrogens is 378 g/mol. The third-order valence-electron chi connectivity index (χ3n) is 5.10. The van der Waals surface area contributed by atoms with E-state index in [1.807, 2.05) is 0 Å². The molecule has 0 atom stereocenters. The lowest BCUT2D eigenvalue weighted by atomic mass is 10.2. The monoisotopic (exact) mass is 401 g/mol. The molecule has 6 nitrogen and oxygen atoms in total. The van der Waals surface area contributed by atoms with Gasteiger partial charge >= 0.3 is 0 Å². The van der Waals surface area contributed by atoms with E-state index in [0.717, 1.165) is 25.7 Å². The lowest BCUT2D eigenvalue weighted by molar-refractivity contribution is -0.0716. The molecule has 148 valence electrons. The van der Waals surface area contributed by atoms with Crippen LogP contribution in [0.15, 0.2) is 47.4 Å². The summed E-state index contributed by atoms with van der Waals surface area (Å²) in [6, 6.07) is 11.5. The number of nitrogens with one attached hydrogen (secondary N) is 1. The van der Waals surface area contributed by atoms with Gasteiger partial charge in [0.2, 0.25) is 0 Å². The van der Waals surface area contributed by atoms with Gasteiger partial charge in [-0.25, -0.2) is 8.42 Å². The molecule has 0 unspecified atom stereocenters. The summed E-state index contributed by atoms with van der Waals surface area (Å²) in [4.78, 5) is 12.8. The van der Waals surface area contributed by atoms with Crippen LogP contribution in [0.5, 0.6) is 11.5 Å². The van der Waals surface area contributed by atoms with Gasteiger partial charge in [0.25, 0.3) is 11.7 Å². The Kier molecular flexibility index (Phi) is 4.79. The highest BCUT2D eigenvalue weighted by molar-refractivity contribution is 7.91. The quantitative estimate of drug-likeness (QED) is 0.813. The van der Waals surface area contributed by atoms with Gasteiger partial charge in [0.1, 0.15) is 0 Å². The Balaban J connectivity index is 1.56. The van der Waals surface area contributed by atoms with Crippen LogP contribution in [0.4, 0.5) is 5.69 Å². The number of rotatable bonds is 5. The zero-order chi connectivity index (χ0) is 19.8. The van der Waals surface area contributed by atoms with Gasteiger partial charge in [0, 0.05) is 24.6 Å². The molecule has 1 saturated carbocycles. The fourth-order valence-corrected chi connectivity index (χ4v) is 5.33. The summed E-state index contributed by atoms with van der Waals surface area (Å²) in [5.41, 5.74) is 0.672. The third-order valence-corrected chi connectivity index (χ3v) is 7.07. The maximum Gasteiger partial charge on any atom is 0.256 e. The van der Waals surface area contributed by atoms with E-state index in [9.17, 15) is 13.2 Å². The lowest BCUT2D eigenvalue weighted by Crippen LogP contribution is -2.34. The molecule has 1 N–H and O–H groups in total. The van der Waals surface area contributed by atoms with Crippen molar-refractivity contribution < 1.29 is 22.7 Å². The van der Waals surface area contributed by atoms with Crippen LogP contribution in [-0.2, 0) is 9.84 Å². The number of hydrogen-bond donors (Lipinski definition) is 1. The summed E-state index contributed by atoms with van der Waals surface area (Å²) >= 11 is 0. The molecule has 4 rings (SSSR count). The molecule has 0 aromatic heterocycles. The third kappa shape index (κ3) is 3.46. The largest absolute Gasteiger partial charge is 0.448 e. The number of hydrogen-bond acceptors (Lipinski definition) is 5. The van der Waals surface area contributed by atoms with Crippen molar-refractivity contribution in [3.8, 4) is 11.5 Å². The lowest BCUT2D eigenvalue weighted by Gasteiger charge is -2.21. The smallest absolute Gasteiger partial charge is 0.256 e. The van der Waals surface area contributed by atoms with Gasteiger partial charge < -0.3 is 14.8 Å². The van der Waals surface area contributed by atoms with Crippen LogP contribution in [0.25, 0.3) is 0 Å². The Morgan fingerprint density at radius 3 is 2.54 bits per heavy atom. The van der Waals surface area contributed by atoms with E-state index < -0.39 is 21.5 Å². The summed E-state index contributed by atoms with van der Waals surface area (Å²) in [7, 11) is -3.51.